The highest BCUT2D eigenvalue weighted by atomic mass is 16.3. The van der Waals surface area contributed by atoms with E-state index in [0.29, 0.717) is 12.1 Å². The number of aliphatic hydroxyl groups excluding tert-OH is 1. The van der Waals surface area contributed by atoms with Crippen molar-refractivity contribution in [1.82, 2.24) is 4.57 Å². The minimum absolute atomic E-state index is 0.135. The zero-order chi connectivity index (χ0) is 22.3. The molecule has 0 radical (unpaired) electrons. The molecule has 3 aromatic carbocycles. The number of nitrogens with one attached hydrogen (secondary N) is 3. The van der Waals surface area contributed by atoms with Gasteiger partial charge < -0.3 is 25.6 Å². The fraction of sp³-hybridized carbons (Fsp3) is 0.115. The molecule has 0 saturated heterocycles. The number of hydrogen-bond acceptors (Lipinski definition) is 4. The number of carbonyl (C=O) groups excluding carboxylic acids is 1. The van der Waals surface area contributed by atoms with Gasteiger partial charge in [-0.25, -0.2) is 0 Å². The summed E-state index contributed by atoms with van der Waals surface area (Å²) in [5, 5.41) is 18.7. The minimum Gasteiger partial charge on any atom is -0.396 e. The second-order valence-electron chi connectivity index (χ2n) is 7.53. The van der Waals surface area contributed by atoms with Crippen LogP contribution in [0.2, 0.25) is 0 Å². The maximum Gasteiger partial charge on any atom is 0.272 e. The first kappa shape index (κ1) is 21.2. The van der Waals surface area contributed by atoms with Gasteiger partial charge in [-0.3, -0.25) is 4.79 Å². The lowest BCUT2D eigenvalue weighted by Gasteiger charge is -2.11. The average Bonchev–Trinajstić information content (AvgIpc) is 3.24. The summed E-state index contributed by atoms with van der Waals surface area (Å²) in [5.74, 6) is -0.135. The second kappa shape index (κ2) is 9.85. The van der Waals surface area contributed by atoms with E-state index in [-0.39, 0.29) is 12.5 Å². The van der Waals surface area contributed by atoms with Crippen molar-refractivity contribution in [3.05, 3.63) is 102 Å². The molecule has 0 spiro atoms. The van der Waals surface area contributed by atoms with E-state index < -0.39 is 0 Å². The van der Waals surface area contributed by atoms with E-state index in [0.717, 1.165) is 34.0 Å². The summed E-state index contributed by atoms with van der Waals surface area (Å²) in [7, 11) is 1.84. The van der Waals surface area contributed by atoms with Crippen LogP contribution >= 0.6 is 0 Å². The third-order valence-corrected chi connectivity index (χ3v) is 5.14. The summed E-state index contributed by atoms with van der Waals surface area (Å²) in [4.78, 5) is 12.3. The maximum atomic E-state index is 12.3. The number of aliphatic hydroxyl groups is 1. The summed E-state index contributed by atoms with van der Waals surface area (Å²) in [5.41, 5.74) is 6.36. The molecule has 6 heteroatoms. The van der Waals surface area contributed by atoms with Crippen LogP contribution in [0, 0.1) is 0 Å². The molecule has 4 aromatic rings. The smallest absolute Gasteiger partial charge is 0.272 e. The Kier molecular flexibility index (Phi) is 6.53. The molecule has 0 unspecified atom stereocenters. The molecule has 0 fully saturated rings. The topological polar surface area (TPSA) is 78.3 Å². The number of aromatic nitrogens is 1. The third-order valence-electron chi connectivity index (χ3n) is 5.14. The first-order chi connectivity index (χ1) is 15.6. The molecule has 0 saturated carbocycles. The van der Waals surface area contributed by atoms with Crippen LogP contribution in [0.4, 0.5) is 28.4 Å². The van der Waals surface area contributed by atoms with Gasteiger partial charge in [-0.05, 0) is 84.8 Å². The summed E-state index contributed by atoms with van der Waals surface area (Å²) < 4.78 is 1.79. The fourth-order valence-corrected chi connectivity index (χ4v) is 3.38. The van der Waals surface area contributed by atoms with Crippen molar-refractivity contribution in [3.8, 4) is 0 Å². The molecular weight excluding hydrogens is 400 g/mol. The van der Waals surface area contributed by atoms with Crippen molar-refractivity contribution in [2.45, 2.75) is 6.42 Å². The van der Waals surface area contributed by atoms with Crippen LogP contribution in [0.15, 0.2) is 91.1 Å². The highest BCUT2D eigenvalue weighted by molar-refractivity contribution is 6.03. The standard InChI is InChI=1S/C26H26N4O2/c1-30-17-2-3-25(30)26(32)29-24-14-12-23(13-15-24)28-22-10-8-21(9-11-22)27-20-6-4-19(5-7-20)16-18-31/h2-15,17,27-28,31H,16,18H2,1H3,(H,29,32). The quantitative estimate of drug-likeness (QED) is 0.308. The molecule has 4 N–H and O–H groups in total. The van der Waals surface area contributed by atoms with Crippen molar-refractivity contribution in [1.29, 1.82) is 0 Å². The summed E-state index contributed by atoms with van der Waals surface area (Å²) in [6.45, 7) is 0.159. The Morgan fingerprint density at radius 2 is 1.22 bits per heavy atom. The van der Waals surface area contributed by atoms with E-state index in [9.17, 15) is 4.79 Å². The zero-order valence-electron chi connectivity index (χ0n) is 17.9. The maximum absolute atomic E-state index is 12.3. The van der Waals surface area contributed by atoms with Crippen LogP contribution in [-0.4, -0.2) is 22.2 Å². The van der Waals surface area contributed by atoms with Crippen LogP contribution in [-0.2, 0) is 13.5 Å². The van der Waals surface area contributed by atoms with E-state index in [2.05, 4.69) is 16.0 Å². The van der Waals surface area contributed by atoms with Crippen molar-refractivity contribution in [3.63, 3.8) is 0 Å². The Labute approximate surface area is 187 Å². The van der Waals surface area contributed by atoms with E-state index in [1.165, 1.54) is 0 Å². The van der Waals surface area contributed by atoms with Gasteiger partial charge in [0, 0.05) is 48.3 Å². The molecule has 0 aliphatic carbocycles. The van der Waals surface area contributed by atoms with E-state index >= 15 is 0 Å². The molecule has 0 aliphatic heterocycles. The van der Waals surface area contributed by atoms with Crippen LogP contribution < -0.4 is 16.0 Å². The SMILES string of the molecule is Cn1cccc1C(=O)Nc1ccc(Nc2ccc(Nc3ccc(CCO)cc3)cc2)cc1. The Morgan fingerprint density at radius 1 is 0.750 bits per heavy atom. The molecule has 1 aromatic heterocycles. The Bertz CT molecular complexity index is 1160. The van der Waals surface area contributed by atoms with Gasteiger partial charge in [0.2, 0.25) is 0 Å². The van der Waals surface area contributed by atoms with Crippen molar-refractivity contribution < 1.29 is 9.90 Å². The molecule has 0 bridgehead atoms. The number of hydrogen-bond donors (Lipinski definition) is 4. The first-order valence-corrected chi connectivity index (χ1v) is 10.5. The molecule has 0 atom stereocenters. The molecule has 6 nitrogen and oxygen atoms in total. The number of rotatable bonds is 8. The summed E-state index contributed by atoms with van der Waals surface area (Å²) in [6, 6.07) is 27.3. The number of benzene rings is 3. The molecule has 1 amide bonds. The van der Waals surface area contributed by atoms with E-state index in [1.807, 2.05) is 92.1 Å². The molecule has 4 rings (SSSR count). The minimum atomic E-state index is -0.135. The lowest BCUT2D eigenvalue weighted by atomic mass is 10.1. The molecule has 0 aliphatic rings. The van der Waals surface area contributed by atoms with Crippen molar-refractivity contribution >= 4 is 34.3 Å². The lowest BCUT2D eigenvalue weighted by Crippen LogP contribution is -2.15. The van der Waals surface area contributed by atoms with E-state index in [1.54, 1.807) is 10.6 Å². The molecule has 162 valence electrons. The molecule has 1 heterocycles. The number of aryl methyl sites for hydroxylation is 1. The van der Waals surface area contributed by atoms with Gasteiger partial charge in [0.25, 0.3) is 5.91 Å². The second-order valence-corrected chi connectivity index (χ2v) is 7.53. The average molecular weight is 427 g/mol. The van der Waals surface area contributed by atoms with Crippen LogP contribution in [0.3, 0.4) is 0 Å². The lowest BCUT2D eigenvalue weighted by molar-refractivity contribution is 0.101. The van der Waals surface area contributed by atoms with Gasteiger partial charge in [0.15, 0.2) is 0 Å². The van der Waals surface area contributed by atoms with Gasteiger partial charge >= 0.3 is 0 Å². The van der Waals surface area contributed by atoms with Crippen molar-refractivity contribution in [2.75, 3.05) is 22.6 Å². The Hall–Kier alpha value is -4.03. The zero-order valence-corrected chi connectivity index (χ0v) is 17.9. The van der Waals surface area contributed by atoms with Gasteiger partial charge in [0.1, 0.15) is 5.69 Å². The summed E-state index contributed by atoms with van der Waals surface area (Å²) in [6.07, 6.45) is 2.51. The Morgan fingerprint density at radius 3 is 1.66 bits per heavy atom. The van der Waals surface area contributed by atoms with E-state index in [4.69, 9.17) is 5.11 Å². The predicted octanol–water partition coefficient (Wildman–Crippen LogP) is 5.30. The number of anilines is 5. The largest absolute Gasteiger partial charge is 0.396 e. The molecular formula is C26H26N4O2. The van der Waals surface area contributed by atoms with Gasteiger partial charge in [-0.1, -0.05) is 12.1 Å². The number of amides is 1. The fourth-order valence-electron chi connectivity index (χ4n) is 3.38. The van der Waals surface area contributed by atoms with Gasteiger partial charge in [-0.2, -0.15) is 0 Å². The highest BCUT2D eigenvalue weighted by Crippen LogP contribution is 2.23. The predicted molar refractivity (Wildman–Crippen MR) is 130 cm³/mol. The summed E-state index contributed by atoms with van der Waals surface area (Å²) >= 11 is 0. The third kappa shape index (κ3) is 5.36. The first-order valence-electron chi connectivity index (χ1n) is 10.5. The molecule has 32 heavy (non-hydrogen) atoms. The van der Waals surface area contributed by atoms with Crippen molar-refractivity contribution in [2.24, 2.45) is 7.05 Å². The highest BCUT2D eigenvalue weighted by Gasteiger charge is 2.08. The normalized spacial score (nSPS) is 10.6. The monoisotopic (exact) mass is 426 g/mol. The number of nitrogens with zero attached hydrogens (tertiary/aromatic N) is 1. The van der Waals surface area contributed by atoms with Crippen LogP contribution in [0.1, 0.15) is 16.1 Å². The van der Waals surface area contributed by atoms with Gasteiger partial charge in [0.05, 0.1) is 0 Å². The number of carbonyl (C=O) groups is 1. The van der Waals surface area contributed by atoms with Crippen LogP contribution in [0.25, 0.3) is 0 Å². The van der Waals surface area contributed by atoms with Crippen LogP contribution in [0.5, 0.6) is 0 Å². The van der Waals surface area contributed by atoms with Gasteiger partial charge in [-0.15, -0.1) is 0 Å². The Balaban J connectivity index is 1.33.